The normalized spacial score (nSPS) is 61.9. The number of rotatable bonds is 2. The van der Waals surface area contributed by atoms with Gasteiger partial charge in [0.25, 0.3) is 0 Å². The van der Waals surface area contributed by atoms with Gasteiger partial charge in [-0.2, -0.15) is 0 Å². The molecule has 4 atom stereocenters. The van der Waals surface area contributed by atoms with Gasteiger partial charge in [0.2, 0.25) is 5.91 Å². The molecule has 8 saturated carbocycles. The van der Waals surface area contributed by atoms with Gasteiger partial charge in [0.05, 0.1) is 5.41 Å². The first-order valence-corrected chi connectivity index (χ1v) is 11.4. The van der Waals surface area contributed by atoms with E-state index in [9.17, 15) is 4.79 Å². The van der Waals surface area contributed by atoms with E-state index in [0.717, 1.165) is 30.6 Å². The SMILES string of the molecule is CC12CC3CC(C1)CC(NC(=O)C14CC5CC(C)(CC(C)(C5)C1)C4)(C3)C2. The smallest absolute Gasteiger partial charge is 0.226 e. The Morgan fingerprint density at radius 1 is 0.692 bits per heavy atom. The van der Waals surface area contributed by atoms with E-state index in [1.165, 1.54) is 64.2 Å². The van der Waals surface area contributed by atoms with Crippen molar-refractivity contribution in [2.24, 2.45) is 39.4 Å². The number of carbonyl (C=O) groups excluding carboxylic acids is 1. The van der Waals surface area contributed by atoms with Crippen LogP contribution in [0.5, 0.6) is 0 Å². The van der Waals surface area contributed by atoms with E-state index in [0.29, 0.717) is 22.2 Å². The molecule has 0 aromatic carbocycles. The fourth-order valence-electron chi connectivity index (χ4n) is 10.9. The molecule has 0 spiro atoms. The van der Waals surface area contributed by atoms with E-state index in [1.807, 2.05) is 0 Å². The molecular formula is C24H37NO. The molecule has 8 aliphatic rings. The highest BCUT2D eigenvalue weighted by Crippen LogP contribution is 2.70. The molecular weight excluding hydrogens is 318 g/mol. The minimum atomic E-state index is -0.0346. The number of hydrogen-bond donors (Lipinski definition) is 1. The van der Waals surface area contributed by atoms with Crippen molar-refractivity contribution in [1.29, 1.82) is 0 Å². The first-order valence-electron chi connectivity index (χ1n) is 11.4. The zero-order valence-corrected chi connectivity index (χ0v) is 17.1. The van der Waals surface area contributed by atoms with E-state index in [1.54, 1.807) is 0 Å². The molecule has 4 unspecified atom stereocenters. The molecule has 8 aliphatic carbocycles. The van der Waals surface area contributed by atoms with Gasteiger partial charge in [-0.25, -0.2) is 0 Å². The van der Waals surface area contributed by atoms with E-state index < -0.39 is 0 Å². The maximum Gasteiger partial charge on any atom is 0.226 e. The Bertz CT molecular complexity index is 648. The van der Waals surface area contributed by atoms with Crippen LogP contribution in [0.15, 0.2) is 0 Å². The summed E-state index contributed by atoms with van der Waals surface area (Å²) in [6, 6.07) is 0. The van der Waals surface area contributed by atoms with Crippen molar-refractivity contribution < 1.29 is 4.79 Å². The lowest BCUT2D eigenvalue weighted by Crippen LogP contribution is -2.67. The van der Waals surface area contributed by atoms with Crippen molar-refractivity contribution in [1.82, 2.24) is 5.32 Å². The lowest BCUT2D eigenvalue weighted by atomic mass is 9.40. The van der Waals surface area contributed by atoms with Gasteiger partial charge < -0.3 is 5.32 Å². The molecule has 1 N–H and O–H groups in total. The van der Waals surface area contributed by atoms with Crippen LogP contribution in [0.1, 0.15) is 97.8 Å². The van der Waals surface area contributed by atoms with Crippen molar-refractivity contribution >= 4 is 5.91 Å². The maximum absolute atomic E-state index is 13.9. The predicted molar refractivity (Wildman–Crippen MR) is 104 cm³/mol. The number of carbonyl (C=O) groups is 1. The first-order chi connectivity index (χ1) is 12.1. The molecule has 2 heteroatoms. The van der Waals surface area contributed by atoms with Crippen LogP contribution >= 0.6 is 0 Å². The van der Waals surface area contributed by atoms with Crippen LogP contribution in [-0.2, 0) is 4.79 Å². The zero-order valence-electron chi connectivity index (χ0n) is 17.1. The van der Waals surface area contributed by atoms with Gasteiger partial charge in [-0.15, -0.1) is 0 Å². The van der Waals surface area contributed by atoms with Crippen LogP contribution in [-0.4, -0.2) is 11.4 Å². The molecule has 0 aliphatic heterocycles. The third kappa shape index (κ3) is 2.20. The highest BCUT2D eigenvalue weighted by molar-refractivity contribution is 5.84. The molecule has 1 amide bonds. The van der Waals surface area contributed by atoms with Gasteiger partial charge in [0, 0.05) is 5.54 Å². The summed E-state index contributed by atoms with van der Waals surface area (Å²) in [5.41, 5.74) is 1.49. The highest BCUT2D eigenvalue weighted by Gasteiger charge is 2.64. The van der Waals surface area contributed by atoms with Crippen molar-refractivity contribution in [3.05, 3.63) is 0 Å². The molecule has 0 heterocycles. The van der Waals surface area contributed by atoms with Crippen LogP contribution in [0.25, 0.3) is 0 Å². The zero-order chi connectivity index (χ0) is 18.0. The molecule has 0 aromatic heterocycles. The molecule has 2 nitrogen and oxygen atoms in total. The first kappa shape index (κ1) is 16.4. The Labute approximate surface area is 159 Å². The summed E-state index contributed by atoms with van der Waals surface area (Å²) in [6.07, 6.45) is 15.7. The Morgan fingerprint density at radius 3 is 1.81 bits per heavy atom. The number of nitrogens with one attached hydrogen (secondary N) is 1. The van der Waals surface area contributed by atoms with Gasteiger partial charge in [-0.3, -0.25) is 4.79 Å². The van der Waals surface area contributed by atoms with Crippen LogP contribution < -0.4 is 5.32 Å². The summed E-state index contributed by atoms with van der Waals surface area (Å²) in [7, 11) is 0. The van der Waals surface area contributed by atoms with E-state index in [-0.39, 0.29) is 11.0 Å². The minimum Gasteiger partial charge on any atom is -0.350 e. The van der Waals surface area contributed by atoms with E-state index in [4.69, 9.17) is 0 Å². The maximum atomic E-state index is 13.9. The fraction of sp³-hybridized carbons (Fsp3) is 0.958. The third-order valence-corrected chi connectivity index (χ3v) is 9.84. The van der Waals surface area contributed by atoms with Gasteiger partial charge in [0.1, 0.15) is 0 Å². The summed E-state index contributed by atoms with van der Waals surface area (Å²) in [4.78, 5) is 13.9. The number of hydrogen-bond acceptors (Lipinski definition) is 1. The standard InChI is InChI=1S/C24H37NO/c1-20-5-16-4-17(6-20)11-24(10-16,15-20)25-19(26)23-9-18-7-21(2,13-23)12-22(3,8-18)14-23/h16-18H,4-15H2,1-3H3,(H,25,26). The van der Waals surface area contributed by atoms with Gasteiger partial charge >= 0.3 is 0 Å². The average molecular weight is 356 g/mol. The fourth-order valence-corrected chi connectivity index (χ4v) is 10.9. The minimum absolute atomic E-state index is 0.0346. The van der Waals surface area contributed by atoms with Crippen molar-refractivity contribution in [2.45, 2.75) is 103 Å². The molecule has 8 bridgehead atoms. The summed E-state index contributed by atoms with van der Waals surface area (Å²) in [6.45, 7) is 7.49. The van der Waals surface area contributed by atoms with Crippen LogP contribution in [0.2, 0.25) is 0 Å². The summed E-state index contributed by atoms with van der Waals surface area (Å²) >= 11 is 0. The quantitative estimate of drug-likeness (QED) is 0.700. The molecule has 0 saturated heterocycles. The summed E-state index contributed by atoms with van der Waals surface area (Å²) in [5, 5.41) is 3.80. The van der Waals surface area contributed by atoms with Gasteiger partial charge in [0.15, 0.2) is 0 Å². The molecule has 144 valence electrons. The van der Waals surface area contributed by atoms with E-state index >= 15 is 0 Å². The van der Waals surface area contributed by atoms with Crippen molar-refractivity contribution in [3.8, 4) is 0 Å². The summed E-state index contributed by atoms with van der Waals surface area (Å²) < 4.78 is 0. The molecule has 8 fully saturated rings. The molecule has 26 heavy (non-hydrogen) atoms. The van der Waals surface area contributed by atoms with E-state index in [2.05, 4.69) is 26.1 Å². The van der Waals surface area contributed by atoms with Crippen molar-refractivity contribution in [3.63, 3.8) is 0 Å². The van der Waals surface area contributed by atoms with Gasteiger partial charge in [-0.1, -0.05) is 20.8 Å². The second kappa shape index (κ2) is 4.54. The third-order valence-electron chi connectivity index (χ3n) is 9.84. The topological polar surface area (TPSA) is 29.1 Å². The van der Waals surface area contributed by atoms with Crippen LogP contribution in [0, 0.1) is 39.4 Å². The molecule has 8 rings (SSSR count). The Kier molecular flexibility index (Phi) is 2.87. The monoisotopic (exact) mass is 355 g/mol. The highest BCUT2D eigenvalue weighted by atomic mass is 16.2. The average Bonchev–Trinajstić information content (AvgIpc) is 2.39. The van der Waals surface area contributed by atoms with Crippen LogP contribution in [0.3, 0.4) is 0 Å². The predicted octanol–water partition coefficient (Wildman–Crippen LogP) is 5.46. The second-order valence-electron chi connectivity index (χ2n) is 13.4. The lowest BCUT2D eigenvalue weighted by Gasteiger charge is -2.66. The molecule has 0 aromatic rings. The Morgan fingerprint density at radius 2 is 1.27 bits per heavy atom. The second-order valence-corrected chi connectivity index (χ2v) is 13.4. The summed E-state index contributed by atoms with van der Waals surface area (Å²) in [5.74, 6) is 3.05. The van der Waals surface area contributed by atoms with Crippen molar-refractivity contribution in [2.75, 3.05) is 0 Å². The molecule has 0 radical (unpaired) electrons. The largest absolute Gasteiger partial charge is 0.350 e. The lowest BCUT2D eigenvalue weighted by molar-refractivity contribution is -0.175. The number of amides is 1. The Hall–Kier alpha value is -0.530. The van der Waals surface area contributed by atoms with Gasteiger partial charge in [-0.05, 0) is 111 Å². The Balaban J connectivity index is 1.30. The van der Waals surface area contributed by atoms with Crippen LogP contribution in [0.4, 0.5) is 0 Å².